The van der Waals surface area contributed by atoms with Crippen LogP contribution in [0.3, 0.4) is 0 Å². The summed E-state index contributed by atoms with van der Waals surface area (Å²) in [5.41, 5.74) is 2.16. The van der Waals surface area contributed by atoms with Gasteiger partial charge in [-0.3, -0.25) is 5.32 Å². The number of carbonyl (C=O) groups excluding carboxylic acids is 2. The van der Waals surface area contributed by atoms with Crippen molar-refractivity contribution in [1.82, 2.24) is 4.90 Å². The summed E-state index contributed by atoms with van der Waals surface area (Å²) >= 11 is 0. The minimum Gasteiger partial charge on any atom is -0.493 e. The summed E-state index contributed by atoms with van der Waals surface area (Å²) in [7, 11) is 3.86. The lowest BCUT2D eigenvalue weighted by Crippen LogP contribution is -2.63. The van der Waals surface area contributed by atoms with Crippen LogP contribution in [0.1, 0.15) is 55.1 Å². The highest BCUT2D eigenvalue weighted by atomic mass is 16.6. The predicted octanol–water partition coefficient (Wildman–Crippen LogP) is 5.06. The molecule has 4 unspecified atom stereocenters. The van der Waals surface area contributed by atoms with Crippen molar-refractivity contribution >= 4 is 17.7 Å². The zero-order valence-electron chi connectivity index (χ0n) is 22.5. The van der Waals surface area contributed by atoms with Crippen LogP contribution in [0, 0.1) is 5.92 Å². The lowest BCUT2D eigenvalue weighted by molar-refractivity contribution is -0.0272. The zero-order valence-corrected chi connectivity index (χ0v) is 22.5. The Kier molecular flexibility index (Phi) is 5.72. The van der Waals surface area contributed by atoms with Crippen LogP contribution < -0.4 is 14.8 Å². The number of likely N-dealkylation sites (N-methyl/N-ethyl adjacent to an activating group) is 1. The number of methoxy groups -OCH3 is 1. The van der Waals surface area contributed by atoms with Gasteiger partial charge in [0.1, 0.15) is 11.4 Å². The minimum atomic E-state index is -0.664. The number of hydrogen-bond donors (Lipinski definition) is 1. The number of hydrogen-bond acceptors (Lipinski definition) is 7. The molecule has 1 saturated heterocycles. The number of ether oxygens (including phenoxy) is 4. The van der Waals surface area contributed by atoms with Crippen molar-refractivity contribution in [2.75, 3.05) is 26.0 Å². The fourth-order valence-electron chi connectivity index (χ4n) is 6.91. The van der Waals surface area contributed by atoms with Gasteiger partial charge in [0, 0.05) is 17.0 Å². The molecule has 2 aliphatic heterocycles. The van der Waals surface area contributed by atoms with E-state index in [4.69, 9.17) is 18.9 Å². The second-order valence-electron chi connectivity index (χ2n) is 11.7. The Bertz CT molecular complexity index is 1340. The van der Waals surface area contributed by atoms with Crippen LogP contribution in [-0.2, 0) is 21.3 Å². The van der Waals surface area contributed by atoms with E-state index >= 15 is 0 Å². The summed E-state index contributed by atoms with van der Waals surface area (Å²) in [6, 6.07) is 11.3. The summed E-state index contributed by atoms with van der Waals surface area (Å²) in [6.07, 6.45) is 3.64. The molecule has 1 amide bonds. The maximum atomic E-state index is 13.5. The molecule has 1 fully saturated rings. The molecule has 1 spiro atoms. The first kappa shape index (κ1) is 24.8. The van der Waals surface area contributed by atoms with E-state index in [0.717, 1.165) is 31.6 Å². The van der Waals surface area contributed by atoms with Crippen LogP contribution in [0.25, 0.3) is 0 Å². The molecular weight excluding hydrogens is 484 g/mol. The molecule has 0 radical (unpaired) electrons. The van der Waals surface area contributed by atoms with E-state index in [1.54, 1.807) is 52.1 Å². The molecule has 2 aromatic carbocycles. The number of nitrogens with zero attached hydrogens (tertiary/aromatic N) is 1. The quantitative estimate of drug-likeness (QED) is 0.566. The van der Waals surface area contributed by atoms with Gasteiger partial charge in [0.25, 0.3) is 0 Å². The number of allylic oxidation sites excluding steroid dienone is 1. The Morgan fingerprint density at radius 2 is 1.95 bits per heavy atom. The molecule has 1 N–H and O–H groups in total. The Morgan fingerprint density at radius 3 is 2.71 bits per heavy atom. The van der Waals surface area contributed by atoms with E-state index in [1.165, 1.54) is 11.1 Å². The van der Waals surface area contributed by atoms with E-state index in [2.05, 4.69) is 23.3 Å². The topological polar surface area (TPSA) is 86.3 Å². The molecule has 200 valence electrons. The van der Waals surface area contributed by atoms with Crippen molar-refractivity contribution in [3.05, 3.63) is 64.9 Å². The van der Waals surface area contributed by atoms with E-state index < -0.39 is 23.8 Å². The summed E-state index contributed by atoms with van der Waals surface area (Å²) in [4.78, 5) is 28.4. The molecule has 6 rings (SSSR count). The van der Waals surface area contributed by atoms with Gasteiger partial charge in [-0.25, -0.2) is 9.59 Å². The minimum absolute atomic E-state index is 0.248. The van der Waals surface area contributed by atoms with Gasteiger partial charge in [0.2, 0.25) is 0 Å². The zero-order chi connectivity index (χ0) is 26.8. The van der Waals surface area contributed by atoms with Crippen molar-refractivity contribution < 1.29 is 28.5 Å². The van der Waals surface area contributed by atoms with E-state index in [0.29, 0.717) is 29.2 Å². The lowest BCUT2D eigenvalue weighted by atomic mass is 9.53. The summed E-state index contributed by atoms with van der Waals surface area (Å²) < 4.78 is 23.8. The molecule has 0 saturated carbocycles. The first-order valence-corrected chi connectivity index (χ1v) is 13.2. The highest BCUT2D eigenvalue weighted by Crippen LogP contribution is 2.63. The molecule has 2 aliphatic carbocycles. The van der Waals surface area contributed by atoms with Crippen molar-refractivity contribution in [2.45, 2.75) is 63.2 Å². The van der Waals surface area contributed by atoms with E-state index in [-0.39, 0.29) is 11.0 Å². The van der Waals surface area contributed by atoms with Crippen molar-refractivity contribution in [2.24, 2.45) is 5.92 Å². The highest BCUT2D eigenvalue weighted by Gasteiger charge is 2.64. The molecule has 8 nitrogen and oxygen atoms in total. The lowest BCUT2D eigenvalue weighted by Gasteiger charge is -2.56. The number of nitrogens with one attached hydrogen (secondary N) is 1. The number of benzene rings is 2. The Hall–Kier alpha value is -3.52. The fraction of sp³-hybridized carbons (Fsp3) is 0.467. The van der Waals surface area contributed by atoms with E-state index in [9.17, 15) is 9.59 Å². The van der Waals surface area contributed by atoms with Gasteiger partial charge in [-0.05, 0) is 89.4 Å². The second-order valence-corrected chi connectivity index (χ2v) is 11.7. The first-order chi connectivity index (χ1) is 18.1. The molecule has 4 atom stereocenters. The van der Waals surface area contributed by atoms with Crippen molar-refractivity contribution in [3.63, 3.8) is 0 Å². The van der Waals surface area contributed by atoms with Gasteiger partial charge in [-0.2, -0.15) is 0 Å². The molecule has 2 heterocycles. The number of carbonyl (C=O) groups is 2. The SMILES string of the molecule is COc1ccc2c3c1OC1C(OC(=O)c4ccccc4NC(=O)OC(C)(C)C)=CCC4C(C2)N(C)CCC314. The number of anilines is 1. The van der Waals surface area contributed by atoms with Gasteiger partial charge in [0.05, 0.1) is 18.4 Å². The van der Waals surface area contributed by atoms with Crippen LogP contribution in [0.5, 0.6) is 11.5 Å². The largest absolute Gasteiger partial charge is 0.493 e. The smallest absolute Gasteiger partial charge is 0.412 e. The van der Waals surface area contributed by atoms with Gasteiger partial charge < -0.3 is 23.8 Å². The number of likely N-dealkylation sites (tertiary alicyclic amines) is 1. The normalized spacial score (nSPS) is 27.0. The number of piperidine rings is 1. The monoisotopic (exact) mass is 518 g/mol. The number of rotatable bonds is 4. The van der Waals surface area contributed by atoms with Crippen LogP contribution in [0.4, 0.5) is 10.5 Å². The van der Waals surface area contributed by atoms with E-state index in [1.807, 2.05) is 12.1 Å². The molecule has 38 heavy (non-hydrogen) atoms. The summed E-state index contributed by atoms with van der Waals surface area (Å²) in [5.74, 6) is 1.81. The van der Waals surface area contributed by atoms with Crippen molar-refractivity contribution in [1.29, 1.82) is 0 Å². The molecular formula is C30H34N2O6. The molecule has 4 aliphatic rings. The maximum Gasteiger partial charge on any atom is 0.412 e. The Labute approximate surface area is 222 Å². The third kappa shape index (κ3) is 3.76. The number of amides is 1. The standard InChI is InChI=1S/C30H34N2O6/c1-29(2,3)38-28(34)31-20-9-7-6-8-18(20)27(33)36-23-13-11-19-21-16-17-10-12-22(35-5)25-24(17)30(19,26(23)37-25)14-15-32(21)4/h6-10,12-13,19,21,26H,11,14-16H2,1-5H3,(H,31,34). The summed E-state index contributed by atoms with van der Waals surface area (Å²) in [5, 5.41) is 2.69. The van der Waals surface area contributed by atoms with Gasteiger partial charge in [0.15, 0.2) is 17.6 Å². The molecule has 0 aromatic heterocycles. The van der Waals surface area contributed by atoms with Crippen LogP contribution >= 0.6 is 0 Å². The van der Waals surface area contributed by atoms with Crippen molar-refractivity contribution in [3.8, 4) is 11.5 Å². The Balaban J connectivity index is 1.33. The van der Waals surface area contributed by atoms with Crippen LogP contribution in [0.15, 0.2) is 48.2 Å². The highest BCUT2D eigenvalue weighted by molar-refractivity contribution is 6.00. The molecule has 2 aromatic rings. The van der Waals surface area contributed by atoms with Gasteiger partial charge in [-0.1, -0.05) is 18.2 Å². The predicted molar refractivity (Wildman–Crippen MR) is 142 cm³/mol. The maximum absolute atomic E-state index is 13.5. The third-order valence-corrected chi connectivity index (χ3v) is 8.42. The average molecular weight is 519 g/mol. The third-order valence-electron chi connectivity index (χ3n) is 8.42. The molecule has 2 bridgehead atoms. The number of esters is 1. The number of para-hydroxylation sites is 1. The van der Waals surface area contributed by atoms with Crippen LogP contribution in [-0.4, -0.2) is 55.4 Å². The second kappa shape index (κ2) is 8.76. The first-order valence-electron chi connectivity index (χ1n) is 13.2. The Morgan fingerprint density at radius 1 is 1.16 bits per heavy atom. The summed E-state index contributed by atoms with van der Waals surface area (Å²) in [6.45, 7) is 6.30. The van der Waals surface area contributed by atoms with Crippen LogP contribution in [0.2, 0.25) is 0 Å². The fourth-order valence-corrected chi connectivity index (χ4v) is 6.91. The van der Waals surface area contributed by atoms with Gasteiger partial charge >= 0.3 is 12.1 Å². The average Bonchev–Trinajstić information content (AvgIpc) is 3.21. The molecule has 8 heteroatoms. The van der Waals surface area contributed by atoms with Gasteiger partial charge in [-0.15, -0.1) is 0 Å².